The van der Waals surface area contributed by atoms with Gasteiger partial charge in [-0.2, -0.15) is 0 Å². The van der Waals surface area contributed by atoms with E-state index in [4.69, 9.17) is 4.42 Å². The van der Waals surface area contributed by atoms with Gasteiger partial charge in [0.05, 0.1) is 13.1 Å². The van der Waals surface area contributed by atoms with Crippen LogP contribution in [0.15, 0.2) is 16.5 Å². The second kappa shape index (κ2) is 5.16. The number of amides is 1. The second-order valence-corrected chi connectivity index (χ2v) is 4.17. The van der Waals surface area contributed by atoms with Crippen molar-refractivity contribution in [3.8, 4) is 0 Å². The van der Waals surface area contributed by atoms with Gasteiger partial charge in [0.1, 0.15) is 11.5 Å². The third-order valence-corrected chi connectivity index (χ3v) is 2.59. The largest absolute Gasteiger partial charge is 0.465 e. The monoisotopic (exact) mass is 222 g/mol. The van der Waals surface area contributed by atoms with Gasteiger partial charge in [0.2, 0.25) is 5.91 Å². The van der Waals surface area contributed by atoms with E-state index >= 15 is 0 Å². The van der Waals surface area contributed by atoms with Crippen LogP contribution in [0.4, 0.5) is 0 Å². The smallest absolute Gasteiger partial charge is 0.234 e. The van der Waals surface area contributed by atoms with E-state index in [9.17, 15) is 4.79 Å². The second-order valence-electron chi connectivity index (χ2n) is 4.17. The van der Waals surface area contributed by atoms with Gasteiger partial charge >= 0.3 is 0 Å². The van der Waals surface area contributed by atoms with Crippen molar-refractivity contribution < 1.29 is 9.21 Å². The summed E-state index contributed by atoms with van der Waals surface area (Å²) in [5.74, 6) is 1.94. The van der Waals surface area contributed by atoms with Crippen LogP contribution in [0.5, 0.6) is 0 Å². The maximum atomic E-state index is 11.3. The van der Waals surface area contributed by atoms with Gasteiger partial charge in [-0.1, -0.05) is 6.92 Å². The summed E-state index contributed by atoms with van der Waals surface area (Å²) in [7, 11) is 0. The molecule has 0 saturated heterocycles. The predicted octanol–water partition coefficient (Wildman–Crippen LogP) is 1.21. The zero-order chi connectivity index (χ0) is 11.4. The lowest BCUT2D eigenvalue weighted by atomic mass is 10.3. The van der Waals surface area contributed by atoms with E-state index in [1.54, 1.807) is 0 Å². The van der Waals surface area contributed by atoms with Crippen molar-refractivity contribution in [2.75, 3.05) is 6.54 Å². The molecule has 1 saturated carbocycles. The molecule has 4 nitrogen and oxygen atoms in total. The van der Waals surface area contributed by atoms with Crippen molar-refractivity contribution in [2.24, 2.45) is 0 Å². The van der Waals surface area contributed by atoms with E-state index in [0.717, 1.165) is 30.8 Å². The molecule has 0 bridgehead atoms. The van der Waals surface area contributed by atoms with Gasteiger partial charge in [0, 0.05) is 12.5 Å². The molecule has 0 aromatic carbocycles. The summed E-state index contributed by atoms with van der Waals surface area (Å²) in [6.07, 6.45) is 3.16. The summed E-state index contributed by atoms with van der Waals surface area (Å²) >= 11 is 0. The molecular weight excluding hydrogens is 204 g/mol. The minimum Gasteiger partial charge on any atom is -0.465 e. The molecule has 88 valence electrons. The first-order valence-electron chi connectivity index (χ1n) is 5.85. The molecule has 2 N–H and O–H groups in total. The highest BCUT2D eigenvalue weighted by molar-refractivity contribution is 5.78. The number of rotatable bonds is 6. The summed E-state index contributed by atoms with van der Waals surface area (Å²) in [6, 6.07) is 4.36. The Balaban J connectivity index is 1.64. The molecule has 0 radical (unpaired) electrons. The highest BCUT2D eigenvalue weighted by Crippen LogP contribution is 2.18. The number of aryl methyl sites for hydroxylation is 1. The Hall–Kier alpha value is -1.29. The van der Waals surface area contributed by atoms with Gasteiger partial charge in [-0.05, 0) is 25.0 Å². The van der Waals surface area contributed by atoms with Gasteiger partial charge in [-0.3, -0.25) is 4.79 Å². The fraction of sp³-hybridized carbons (Fsp3) is 0.583. The van der Waals surface area contributed by atoms with Gasteiger partial charge in [0.15, 0.2) is 0 Å². The van der Waals surface area contributed by atoms with Crippen LogP contribution in [-0.4, -0.2) is 18.5 Å². The molecule has 1 fully saturated rings. The van der Waals surface area contributed by atoms with Gasteiger partial charge in [-0.15, -0.1) is 0 Å². The highest BCUT2D eigenvalue weighted by Gasteiger charge is 2.22. The lowest BCUT2D eigenvalue weighted by Crippen LogP contribution is -2.34. The van der Waals surface area contributed by atoms with Crippen molar-refractivity contribution >= 4 is 5.91 Å². The zero-order valence-electron chi connectivity index (χ0n) is 9.58. The average molecular weight is 222 g/mol. The lowest BCUT2D eigenvalue weighted by Gasteiger charge is -2.03. The average Bonchev–Trinajstić information content (AvgIpc) is 2.96. The number of nitrogens with one attached hydrogen (secondary N) is 2. The minimum atomic E-state index is 0.0739. The van der Waals surface area contributed by atoms with Crippen LogP contribution in [0.1, 0.15) is 31.3 Å². The molecule has 0 aliphatic heterocycles. The molecule has 1 aromatic heterocycles. The standard InChI is InChI=1S/C12H18N2O2/c1-2-10-5-6-11(16-10)7-13-8-12(15)14-9-3-4-9/h5-6,9,13H,2-4,7-8H2,1H3,(H,14,15). The zero-order valence-corrected chi connectivity index (χ0v) is 9.58. The van der Waals surface area contributed by atoms with Gasteiger partial charge in [-0.25, -0.2) is 0 Å². The third-order valence-electron chi connectivity index (χ3n) is 2.59. The number of carbonyl (C=O) groups is 1. The Bertz CT molecular complexity index is 356. The maximum Gasteiger partial charge on any atom is 0.234 e. The molecule has 1 heterocycles. The first kappa shape index (κ1) is 11.2. The molecular formula is C12H18N2O2. The first-order chi connectivity index (χ1) is 7.78. The fourth-order valence-corrected chi connectivity index (χ4v) is 1.51. The van der Waals surface area contributed by atoms with Crippen LogP contribution >= 0.6 is 0 Å². The number of hydrogen-bond donors (Lipinski definition) is 2. The van der Waals surface area contributed by atoms with E-state index in [1.807, 2.05) is 12.1 Å². The van der Waals surface area contributed by atoms with E-state index in [0.29, 0.717) is 19.1 Å². The van der Waals surface area contributed by atoms with Crippen LogP contribution in [0.3, 0.4) is 0 Å². The topological polar surface area (TPSA) is 54.3 Å². The Morgan fingerprint density at radius 1 is 1.44 bits per heavy atom. The molecule has 16 heavy (non-hydrogen) atoms. The normalized spacial score (nSPS) is 15.1. The Morgan fingerprint density at radius 3 is 2.81 bits per heavy atom. The summed E-state index contributed by atoms with van der Waals surface area (Å²) in [5, 5.41) is 5.99. The van der Waals surface area contributed by atoms with Crippen LogP contribution < -0.4 is 10.6 Å². The molecule has 0 atom stereocenters. The molecule has 1 aliphatic rings. The van der Waals surface area contributed by atoms with E-state index in [2.05, 4.69) is 17.6 Å². The van der Waals surface area contributed by atoms with E-state index in [-0.39, 0.29) is 5.91 Å². The Morgan fingerprint density at radius 2 is 2.19 bits per heavy atom. The van der Waals surface area contributed by atoms with E-state index in [1.165, 1.54) is 0 Å². The lowest BCUT2D eigenvalue weighted by molar-refractivity contribution is -0.120. The van der Waals surface area contributed by atoms with Crippen LogP contribution in [-0.2, 0) is 17.8 Å². The molecule has 0 spiro atoms. The molecule has 2 rings (SSSR count). The third kappa shape index (κ3) is 3.38. The van der Waals surface area contributed by atoms with Crippen molar-refractivity contribution in [1.29, 1.82) is 0 Å². The van der Waals surface area contributed by atoms with Crippen LogP contribution in [0.25, 0.3) is 0 Å². The molecule has 4 heteroatoms. The van der Waals surface area contributed by atoms with Crippen molar-refractivity contribution in [2.45, 2.75) is 38.8 Å². The van der Waals surface area contributed by atoms with Gasteiger partial charge < -0.3 is 15.1 Å². The van der Waals surface area contributed by atoms with Crippen molar-refractivity contribution in [3.63, 3.8) is 0 Å². The Labute approximate surface area is 95.4 Å². The van der Waals surface area contributed by atoms with Crippen LogP contribution in [0.2, 0.25) is 0 Å². The Kier molecular flexibility index (Phi) is 3.62. The SMILES string of the molecule is CCc1ccc(CNCC(=O)NC2CC2)o1. The summed E-state index contributed by atoms with van der Waals surface area (Å²) in [5.41, 5.74) is 0. The molecule has 0 unspecified atom stereocenters. The molecule has 1 aliphatic carbocycles. The predicted molar refractivity (Wildman–Crippen MR) is 61.0 cm³/mol. The number of carbonyl (C=O) groups excluding carboxylic acids is 1. The van der Waals surface area contributed by atoms with Crippen LogP contribution in [0, 0.1) is 0 Å². The minimum absolute atomic E-state index is 0.0739. The van der Waals surface area contributed by atoms with Crippen molar-refractivity contribution in [1.82, 2.24) is 10.6 Å². The number of hydrogen-bond acceptors (Lipinski definition) is 3. The summed E-state index contributed by atoms with van der Waals surface area (Å²) in [4.78, 5) is 11.3. The highest BCUT2D eigenvalue weighted by atomic mass is 16.3. The quantitative estimate of drug-likeness (QED) is 0.760. The fourth-order valence-electron chi connectivity index (χ4n) is 1.51. The first-order valence-corrected chi connectivity index (χ1v) is 5.85. The van der Waals surface area contributed by atoms with E-state index < -0.39 is 0 Å². The molecule has 1 amide bonds. The maximum absolute atomic E-state index is 11.3. The van der Waals surface area contributed by atoms with Crippen molar-refractivity contribution in [3.05, 3.63) is 23.7 Å². The summed E-state index contributed by atoms with van der Waals surface area (Å²) < 4.78 is 5.51. The summed E-state index contributed by atoms with van der Waals surface area (Å²) in [6.45, 7) is 3.02. The van der Waals surface area contributed by atoms with Gasteiger partial charge in [0.25, 0.3) is 0 Å². The number of furan rings is 1. The molecule has 1 aromatic rings.